The molecule has 3 aromatic carbocycles. The van der Waals surface area contributed by atoms with Gasteiger partial charge in [-0.1, -0.05) is 18.2 Å². The van der Waals surface area contributed by atoms with Crippen LogP contribution in [0.4, 0.5) is 0 Å². The van der Waals surface area contributed by atoms with Gasteiger partial charge in [-0.25, -0.2) is 14.8 Å². The fourth-order valence-corrected chi connectivity index (χ4v) is 4.37. The van der Waals surface area contributed by atoms with Crippen molar-refractivity contribution in [1.29, 1.82) is 0 Å². The third-order valence-corrected chi connectivity index (χ3v) is 6.18. The molecule has 4 N–H and O–H groups in total. The number of thiocarbonyl (C=S) groups is 2. The van der Waals surface area contributed by atoms with Gasteiger partial charge in [-0.3, -0.25) is 4.79 Å². The van der Waals surface area contributed by atoms with Crippen LogP contribution in [-0.4, -0.2) is 44.5 Å². The maximum Gasteiger partial charge on any atom is 0.340 e. The number of fused-ring (bicyclic) bond motifs is 6. The molecule has 2 aliphatic heterocycles. The lowest BCUT2D eigenvalue weighted by Crippen LogP contribution is -2.41. The number of hydrogen-bond acceptors (Lipinski definition) is 10. The largest absolute Gasteiger partial charge is 0.508 e. The molecule has 5 rings (SSSR count). The number of phenols is 2. The first-order valence-electron chi connectivity index (χ1n) is 10.8. The maximum absolute atomic E-state index is 12.5. The second-order valence-corrected chi connectivity index (χ2v) is 8.69. The van der Waals surface area contributed by atoms with Gasteiger partial charge in [-0.05, 0) is 61.7 Å². The van der Waals surface area contributed by atoms with E-state index in [2.05, 4.69) is 44.7 Å². The summed E-state index contributed by atoms with van der Waals surface area (Å²) < 4.78 is 11.8. The summed E-state index contributed by atoms with van der Waals surface area (Å²) in [6, 6.07) is 16.6. The van der Waals surface area contributed by atoms with Gasteiger partial charge < -0.3 is 25.4 Å². The Morgan fingerprint density at radius 2 is 1.59 bits per heavy atom. The summed E-state index contributed by atoms with van der Waals surface area (Å²) in [5.74, 6) is -0.208. The summed E-state index contributed by atoms with van der Waals surface area (Å²) in [5.41, 5.74) is 5.20. The fraction of sp³-hybridized carbons (Fsp3) is 0.154. The van der Waals surface area contributed by atoms with Crippen molar-refractivity contribution in [3.8, 4) is 23.0 Å². The fourth-order valence-electron chi connectivity index (χ4n) is 4.11. The van der Waals surface area contributed by atoms with Crippen LogP contribution in [0.1, 0.15) is 34.0 Å². The molecule has 37 heavy (non-hydrogen) atoms. The highest BCUT2D eigenvalue weighted by molar-refractivity contribution is 7.78. The number of isothiocyanates is 2. The molecule has 2 heterocycles. The number of phenolic OH excluding ortho intramolecular Hbond substituents is 2. The minimum Gasteiger partial charge on any atom is -0.508 e. The zero-order valence-corrected chi connectivity index (χ0v) is 20.9. The third kappa shape index (κ3) is 4.48. The Morgan fingerprint density at radius 1 is 1.00 bits per heavy atom. The topological polar surface area (TPSA) is 144 Å². The minimum absolute atomic E-state index is 0.0371. The van der Waals surface area contributed by atoms with Crippen molar-refractivity contribution in [3.05, 3.63) is 82.9 Å². The normalized spacial score (nSPS) is 15.0. The number of benzene rings is 3. The standard InChI is InChI=1S/C20H12O5.C6H7N3OS2/c21-11-5-7-15-17(9-11)24-18-10-12(22)6-8-16(18)20(15)14-4-2-1-3-13(14)19(23)25-20;1-6(5(7)10,9-4-12)2-8-3-11/h1-10,21-22H;2H2,1H3,(H2,7,10). The number of rotatable bonds is 4. The molecular weight excluding hydrogens is 514 g/mol. The van der Waals surface area contributed by atoms with Gasteiger partial charge in [-0.2, -0.15) is 0 Å². The van der Waals surface area contributed by atoms with Crippen molar-refractivity contribution in [2.24, 2.45) is 15.7 Å². The van der Waals surface area contributed by atoms with Gasteiger partial charge in [0, 0.05) is 28.8 Å². The molecular formula is C26H19N3O6S2. The predicted molar refractivity (Wildman–Crippen MR) is 141 cm³/mol. The minimum atomic E-state index is -1.17. The molecule has 0 fully saturated rings. The van der Waals surface area contributed by atoms with E-state index >= 15 is 0 Å². The van der Waals surface area contributed by atoms with Gasteiger partial charge in [0.25, 0.3) is 0 Å². The van der Waals surface area contributed by atoms with E-state index in [4.69, 9.17) is 15.2 Å². The average Bonchev–Trinajstić information content (AvgIpc) is 3.16. The molecule has 9 nitrogen and oxygen atoms in total. The average molecular weight is 534 g/mol. The van der Waals surface area contributed by atoms with Gasteiger partial charge in [-0.15, -0.1) is 0 Å². The van der Waals surface area contributed by atoms with Gasteiger partial charge in [0.15, 0.2) is 11.1 Å². The van der Waals surface area contributed by atoms with Crippen molar-refractivity contribution in [2.45, 2.75) is 18.1 Å². The monoisotopic (exact) mass is 533 g/mol. The number of ether oxygens (including phenoxy) is 2. The lowest BCUT2D eigenvalue weighted by molar-refractivity contribution is -0.122. The Morgan fingerprint density at radius 3 is 2.14 bits per heavy atom. The van der Waals surface area contributed by atoms with Crippen molar-refractivity contribution in [2.75, 3.05) is 6.54 Å². The summed E-state index contributed by atoms with van der Waals surface area (Å²) in [7, 11) is 0. The Bertz CT molecular complexity index is 1470. The van der Waals surface area contributed by atoms with Crippen molar-refractivity contribution in [3.63, 3.8) is 0 Å². The van der Waals surface area contributed by atoms with Crippen LogP contribution in [0.5, 0.6) is 23.0 Å². The van der Waals surface area contributed by atoms with Crippen LogP contribution < -0.4 is 10.5 Å². The van der Waals surface area contributed by atoms with Crippen molar-refractivity contribution in [1.82, 2.24) is 0 Å². The molecule has 2 aliphatic rings. The highest BCUT2D eigenvalue weighted by atomic mass is 32.1. The zero-order chi connectivity index (χ0) is 26.8. The number of aromatic hydroxyl groups is 2. The first-order valence-corrected chi connectivity index (χ1v) is 11.6. The Balaban J connectivity index is 0.000000229. The number of nitrogens with zero attached hydrogens (tertiary/aromatic N) is 2. The Labute approximate surface area is 221 Å². The zero-order valence-electron chi connectivity index (χ0n) is 19.3. The quantitative estimate of drug-likeness (QED) is 0.258. The Kier molecular flexibility index (Phi) is 6.89. The summed E-state index contributed by atoms with van der Waals surface area (Å²) in [6.07, 6.45) is 0. The van der Waals surface area contributed by atoms with Crippen LogP contribution in [-0.2, 0) is 15.1 Å². The molecule has 1 amide bonds. The number of carbonyl (C=O) groups is 2. The summed E-state index contributed by atoms with van der Waals surface area (Å²) in [6.45, 7) is 1.56. The number of nitrogens with two attached hydrogens (primary N) is 1. The Hall–Kier alpha value is -4.40. The molecule has 0 radical (unpaired) electrons. The highest BCUT2D eigenvalue weighted by Gasteiger charge is 2.53. The second kappa shape index (κ2) is 9.93. The number of aliphatic imine (C=N–C) groups is 2. The molecule has 0 saturated heterocycles. The van der Waals surface area contributed by atoms with Crippen LogP contribution in [0.25, 0.3) is 0 Å². The van der Waals surface area contributed by atoms with E-state index in [0.717, 1.165) is 0 Å². The van der Waals surface area contributed by atoms with Crippen LogP contribution >= 0.6 is 24.4 Å². The van der Waals surface area contributed by atoms with E-state index < -0.39 is 23.0 Å². The maximum atomic E-state index is 12.5. The van der Waals surface area contributed by atoms with E-state index in [9.17, 15) is 19.8 Å². The van der Waals surface area contributed by atoms with Crippen LogP contribution in [0.15, 0.2) is 70.6 Å². The van der Waals surface area contributed by atoms with Crippen molar-refractivity contribution >= 4 is 46.6 Å². The molecule has 0 aromatic heterocycles. The number of amides is 1. The van der Waals surface area contributed by atoms with Gasteiger partial charge in [0.2, 0.25) is 5.91 Å². The molecule has 1 spiro atoms. The molecule has 0 saturated carbocycles. The molecule has 3 aromatic rings. The molecule has 186 valence electrons. The van der Waals surface area contributed by atoms with Crippen molar-refractivity contribution < 1.29 is 29.3 Å². The van der Waals surface area contributed by atoms with Gasteiger partial charge >= 0.3 is 5.97 Å². The molecule has 0 aliphatic carbocycles. The van der Waals surface area contributed by atoms with E-state index in [1.165, 1.54) is 31.2 Å². The SMILES string of the molecule is CC(CN=C=S)(N=C=S)C(N)=O.O=C1OC2(c3ccc(O)cc3Oc3cc(O)ccc32)c2ccccc21. The number of esters is 1. The van der Waals surface area contributed by atoms with Crippen LogP contribution in [0.2, 0.25) is 0 Å². The number of primary amides is 1. The number of carbonyl (C=O) groups excluding carboxylic acids is 2. The molecule has 0 bridgehead atoms. The third-order valence-electron chi connectivity index (χ3n) is 5.96. The number of hydrogen-bond donors (Lipinski definition) is 3. The van der Waals surface area contributed by atoms with Crippen LogP contribution in [0.3, 0.4) is 0 Å². The summed E-state index contributed by atoms with van der Waals surface area (Å²) >= 11 is 8.69. The van der Waals surface area contributed by atoms with Gasteiger partial charge in [0.05, 0.1) is 22.4 Å². The summed E-state index contributed by atoms with van der Waals surface area (Å²) in [5, 5.41) is 23.9. The van der Waals surface area contributed by atoms with E-state index in [0.29, 0.717) is 33.8 Å². The van der Waals surface area contributed by atoms with E-state index in [1.54, 1.807) is 24.3 Å². The van der Waals surface area contributed by atoms with Gasteiger partial charge in [0.1, 0.15) is 23.0 Å². The second-order valence-electron chi connectivity index (χ2n) is 8.33. The molecule has 11 heteroatoms. The van der Waals surface area contributed by atoms with E-state index in [-0.39, 0.29) is 18.0 Å². The summed E-state index contributed by atoms with van der Waals surface area (Å²) in [4.78, 5) is 30.5. The lowest BCUT2D eigenvalue weighted by Gasteiger charge is -2.36. The van der Waals surface area contributed by atoms with Crippen LogP contribution in [0, 0.1) is 0 Å². The predicted octanol–water partition coefficient (Wildman–Crippen LogP) is 4.10. The smallest absolute Gasteiger partial charge is 0.340 e. The first-order chi connectivity index (χ1) is 17.7. The first kappa shape index (κ1) is 25.7. The molecule has 1 atom stereocenters. The highest BCUT2D eigenvalue weighted by Crippen LogP contribution is 2.56. The lowest BCUT2D eigenvalue weighted by atomic mass is 9.77. The molecule has 1 unspecified atom stereocenters. The van der Waals surface area contributed by atoms with E-state index in [1.807, 2.05) is 12.1 Å².